The molecule has 0 spiro atoms. The van der Waals surface area contributed by atoms with Gasteiger partial charge >= 0.3 is 5.97 Å². The summed E-state index contributed by atoms with van der Waals surface area (Å²) in [6.07, 6.45) is 4.86. The summed E-state index contributed by atoms with van der Waals surface area (Å²) in [5.41, 5.74) is -0.443. The van der Waals surface area contributed by atoms with Crippen LogP contribution in [0.2, 0.25) is 0 Å². The first-order chi connectivity index (χ1) is 6.18. The normalized spacial score (nSPS) is 18.9. The maximum Gasteiger partial charge on any atom is 0.304 e. The smallest absolute Gasteiger partial charge is 0.304 e. The van der Waals surface area contributed by atoms with E-state index in [1.807, 2.05) is 6.92 Å². The van der Waals surface area contributed by atoms with E-state index in [4.69, 9.17) is 4.74 Å². The molecule has 0 bridgehead atoms. The molecule has 0 radical (unpaired) electrons. The van der Waals surface area contributed by atoms with Gasteiger partial charge in [-0.15, -0.1) is 0 Å². The average Bonchev–Trinajstić information content (AvgIpc) is 2.49. The van der Waals surface area contributed by atoms with Crippen molar-refractivity contribution in [3.05, 3.63) is 0 Å². The molecule has 0 aromatic rings. The molecule has 0 saturated heterocycles. The third kappa shape index (κ3) is 2.77. The minimum Gasteiger partial charge on any atom is -0.446 e. The molecule has 0 heterocycles. The fourth-order valence-corrected chi connectivity index (χ4v) is 1.72. The van der Waals surface area contributed by atoms with Gasteiger partial charge in [0, 0.05) is 13.3 Å². The minimum atomic E-state index is -0.443. The highest BCUT2D eigenvalue weighted by Gasteiger charge is 2.34. The first kappa shape index (κ1) is 10.1. The summed E-state index contributed by atoms with van der Waals surface area (Å²) in [5, 5.41) is 0. The van der Waals surface area contributed by atoms with Crippen LogP contribution >= 0.6 is 0 Å². The molecular weight excluding hydrogens is 164 g/mol. The third-order valence-electron chi connectivity index (χ3n) is 2.24. The molecule has 1 aliphatic rings. The van der Waals surface area contributed by atoms with Crippen LogP contribution in [-0.2, 0) is 9.53 Å². The summed E-state index contributed by atoms with van der Waals surface area (Å²) >= 11 is 0. The quantitative estimate of drug-likeness (QED) is 0.457. The maximum atomic E-state index is 10.9. The van der Waals surface area contributed by atoms with E-state index in [-0.39, 0.29) is 5.97 Å². The van der Waals surface area contributed by atoms with E-state index >= 15 is 0 Å². The molecule has 72 valence electrons. The zero-order valence-electron chi connectivity index (χ0n) is 8.35. The van der Waals surface area contributed by atoms with Gasteiger partial charge in [0.15, 0.2) is 5.60 Å². The first-order valence-corrected chi connectivity index (χ1v) is 4.88. The zero-order chi connectivity index (χ0) is 9.73. The highest BCUT2D eigenvalue weighted by molar-refractivity contribution is 5.67. The van der Waals surface area contributed by atoms with Crippen LogP contribution in [0.3, 0.4) is 0 Å². The summed E-state index contributed by atoms with van der Waals surface area (Å²) in [6.45, 7) is 3.46. The molecule has 1 rings (SSSR count). The Morgan fingerprint density at radius 1 is 1.46 bits per heavy atom. The standard InChI is InChI=1S/C11H16O2/c1-3-4-7-11(13-10(2)12)8-5-6-9-11/h3,5-6,8-9H2,1-2H3. The highest BCUT2D eigenvalue weighted by atomic mass is 16.6. The molecule has 0 aliphatic heterocycles. The molecule has 0 unspecified atom stereocenters. The van der Waals surface area contributed by atoms with Crippen LogP contribution in [0.15, 0.2) is 0 Å². The van der Waals surface area contributed by atoms with Crippen LogP contribution in [0.4, 0.5) is 0 Å². The molecule has 1 aliphatic carbocycles. The number of ether oxygens (including phenoxy) is 1. The van der Waals surface area contributed by atoms with Gasteiger partial charge in [-0.1, -0.05) is 18.8 Å². The topological polar surface area (TPSA) is 26.3 Å². The molecule has 0 N–H and O–H groups in total. The maximum absolute atomic E-state index is 10.9. The van der Waals surface area contributed by atoms with E-state index in [0.29, 0.717) is 0 Å². The number of rotatable bonds is 1. The predicted octanol–water partition coefficient (Wildman–Crippen LogP) is 2.28. The molecule has 2 nitrogen and oxygen atoms in total. The van der Waals surface area contributed by atoms with Crippen molar-refractivity contribution in [2.45, 2.75) is 51.6 Å². The van der Waals surface area contributed by atoms with Gasteiger partial charge in [0.05, 0.1) is 0 Å². The Balaban J connectivity index is 2.68. The van der Waals surface area contributed by atoms with Gasteiger partial charge in [-0.2, -0.15) is 0 Å². The van der Waals surface area contributed by atoms with Crippen LogP contribution in [0.1, 0.15) is 46.0 Å². The molecular formula is C11H16O2. The van der Waals surface area contributed by atoms with Crippen molar-refractivity contribution in [3.8, 4) is 11.8 Å². The second-order valence-corrected chi connectivity index (χ2v) is 3.45. The van der Waals surface area contributed by atoms with Crippen molar-refractivity contribution in [2.75, 3.05) is 0 Å². The predicted molar refractivity (Wildman–Crippen MR) is 51.0 cm³/mol. The lowest BCUT2D eigenvalue weighted by Crippen LogP contribution is -2.29. The number of hydrogen-bond donors (Lipinski definition) is 0. The number of hydrogen-bond acceptors (Lipinski definition) is 2. The van der Waals surface area contributed by atoms with Crippen molar-refractivity contribution in [1.29, 1.82) is 0 Å². The van der Waals surface area contributed by atoms with Crippen LogP contribution in [0.25, 0.3) is 0 Å². The van der Waals surface area contributed by atoms with Crippen molar-refractivity contribution in [2.24, 2.45) is 0 Å². The lowest BCUT2D eigenvalue weighted by atomic mass is 10.0. The van der Waals surface area contributed by atoms with Gasteiger partial charge in [-0.3, -0.25) is 4.79 Å². The van der Waals surface area contributed by atoms with Gasteiger partial charge in [0.25, 0.3) is 0 Å². The van der Waals surface area contributed by atoms with Crippen molar-refractivity contribution in [1.82, 2.24) is 0 Å². The monoisotopic (exact) mass is 180 g/mol. The molecule has 0 aromatic heterocycles. The molecule has 0 atom stereocenters. The molecule has 2 heteroatoms. The third-order valence-corrected chi connectivity index (χ3v) is 2.24. The highest BCUT2D eigenvalue weighted by Crippen LogP contribution is 2.32. The van der Waals surface area contributed by atoms with Crippen molar-refractivity contribution >= 4 is 5.97 Å². The van der Waals surface area contributed by atoms with Crippen LogP contribution in [0, 0.1) is 11.8 Å². The largest absolute Gasteiger partial charge is 0.446 e. The number of esters is 1. The Kier molecular flexibility index (Phi) is 3.36. The van der Waals surface area contributed by atoms with E-state index in [0.717, 1.165) is 32.1 Å². The van der Waals surface area contributed by atoms with Gasteiger partial charge in [0.1, 0.15) is 0 Å². The summed E-state index contributed by atoms with van der Waals surface area (Å²) in [7, 11) is 0. The molecule has 1 fully saturated rings. The first-order valence-electron chi connectivity index (χ1n) is 4.88. The second kappa shape index (κ2) is 4.32. The van der Waals surface area contributed by atoms with E-state index in [2.05, 4.69) is 11.8 Å². The van der Waals surface area contributed by atoms with Crippen LogP contribution < -0.4 is 0 Å². The van der Waals surface area contributed by atoms with Gasteiger partial charge in [0.2, 0.25) is 0 Å². The van der Waals surface area contributed by atoms with Gasteiger partial charge < -0.3 is 4.74 Å². The number of carbonyl (C=O) groups excluding carboxylic acids is 1. The van der Waals surface area contributed by atoms with E-state index in [1.54, 1.807) is 0 Å². The number of carbonyl (C=O) groups is 1. The Morgan fingerprint density at radius 3 is 2.54 bits per heavy atom. The molecule has 1 saturated carbocycles. The Hall–Kier alpha value is -0.970. The minimum absolute atomic E-state index is 0.215. The summed E-state index contributed by atoms with van der Waals surface area (Å²) in [4.78, 5) is 10.9. The van der Waals surface area contributed by atoms with Gasteiger partial charge in [-0.05, 0) is 25.7 Å². The van der Waals surface area contributed by atoms with Crippen LogP contribution in [-0.4, -0.2) is 11.6 Å². The van der Waals surface area contributed by atoms with Crippen molar-refractivity contribution < 1.29 is 9.53 Å². The van der Waals surface area contributed by atoms with E-state index in [1.165, 1.54) is 6.92 Å². The fraction of sp³-hybridized carbons (Fsp3) is 0.727. The average molecular weight is 180 g/mol. The lowest BCUT2D eigenvalue weighted by Gasteiger charge is -2.21. The summed E-state index contributed by atoms with van der Waals surface area (Å²) < 4.78 is 5.29. The summed E-state index contributed by atoms with van der Waals surface area (Å²) in [6, 6.07) is 0. The fourth-order valence-electron chi connectivity index (χ4n) is 1.72. The Morgan fingerprint density at radius 2 is 2.08 bits per heavy atom. The Labute approximate surface area is 79.7 Å². The van der Waals surface area contributed by atoms with Crippen molar-refractivity contribution in [3.63, 3.8) is 0 Å². The molecule has 0 aromatic carbocycles. The van der Waals surface area contributed by atoms with E-state index < -0.39 is 5.60 Å². The van der Waals surface area contributed by atoms with Gasteiger partial charge in [-0.25, -0.2) is 0 Å². The SMILES string of the molecule is CCC#CC1(OC(C)=O)CCCC1. The lowest BCUT2D eigenvalue weighted by molar-refractivity contribution is -0.151. The second-order valence-electron chi connectivity index (χ2n) is 3.45. The zero-order valence-corrected chi connectivity index (χ0v) is 8.35. The Bertz CT molecular complexity index is 239. The molecule has 0 amide bonds. The molecule has 13 heavy (non-hydrogen) atoms. The summed E-state index contributed by atoms with van der Waals surface area (Å²) in [5.74, 6) is 5.88. The van der Waals surface area contributed by atoms with Crippen LogP contribution in [0.5, 0.6) is 0 Å². The van der Waals surface area contributed by atoms with E-state index in [9.17, 15) is 4.79 Å².